The lowest BCUT2D eigenvalue weighted by Crippen LogP contribution is -2.27. The van der Waals surface area contributed by atoms with Crippen LogP contribution in [0, 0.1) is 0 Å². The van der Waals surface area contributed by atoms with Gasteiger partial charge in [0.05, 0.1) is 6.20 Å². The average Bonchev–Trinajstić information content (AvgIpc) is 2.05. The molecule has 0 aliphatic heterocycles. The highest BCUT2D eigenvalue weighted by Crippen LogP contribution is 2.08. The molecular weight excluding hydrogens is 198 g/mol. The molecule has 0 aliphatic carbocycles. The zero-order valence-corrected chi connectivity index (χ0v) is 8.83. The van der Waals surface area contributed by atoms with Crippen molar-refractivity contribution in [1.29, 1.82) is 0 Å². The van der Waals surface area contributed by atoms with Gasteiger partial charge in [-0.15, -0.1) is 0 Å². The third kappa shape index (κ3) is 4.26. The first-order valence-corrected chi connectivity index (χ1v) is 4.41. The van der Waals surface area contributed by atoms with E-state index in [1.165, 1.54) is 6.20 Å². The minimum atomic E-state index is -0.609. The summed E-state index contributed by atoms with van der Waals surface area (Å²) < 4.78 is 4.99. The van der Waals surface area contributed by atoms with Crippen molar-refractivity contribution in [3.63, 3.8) is 0 Å². The molecule has 1 aromatic rings. The number of H-pyrrole nitrogens is 1. The summed E-state index contributed by atoms with van der Waals surface area (Å²) >= 11 is 0. The van der Waals surface area contributed by atoms with Crippen molar-refractivity contribution in [1.82, 2.24) is 9.97 Å². The van der Waals surface area contributed by atoms with Crippen molar-refractivity contribution >= 4 is 11.9 Å². The van der Waals surface area contributed by atoms with Gasteiger partial charge in [0.2, 0.25) is 0 Å². The molecule has 0 saturated carbocycles. The molecule has 6 nitrogen and oxygen atoms in total. The van der Waals surface area contributed by atoms with Crippen molar-refractivity contribution in [3.8, 4) is 0 Å². The molecule has 0 atom stereocenters. The van der Waals surface area contributed by atoms with Crippen LogP contribution in [-0.2, 0) is 4.74 Å². The van der Waals surface area contributed by atoms with Crippen LogP contribution in [0.25, 0.3) is 0 Å². The third-order valence-corrected chi connectivity index (χ3v) is 1.30. The second kappa shape index (κ2) is 4.12. The number of carbonyl (C=O) groups excluding carboxylic acids is 1. The SMILES string of the molecule is CC(C)(C)OC(=O)Nc1c[nH]c(=O)cn1. The zero-order valence-electron chi connectivity index (χ0n) is 8.83. The van der Waals surface area contributed by atoms with Crippen LogP contribution in [0.2, 0.25) is 0 Å². The predicted octanol–water partition coefficient (Wildman–Crippen LogP) is 1.12. The summed E-state index contributed by atoms with van der Waals surface area (Å²) in [6.07, 6.45) is 1.76. The second-order valence-electron chi connectivity index (χ2n) is 3.92. The Morgan fingerprint density at radius 2 is 2.20 bits per heavy atom. The molecule has 0 aliphatic rings. The number of hydrogen-bond donors (Lipinski definition) is 2. The van der Waals surface area contributed by atoms with Crippen molar-refractivity contribution in [2.75, 3.05) is 5.32 Å². The van der Waals surface area contributed by atoms with E-state index >= 15 is 0 Å². The van der Waals surface area contributed by atoms with Gasteiger partial charge in [0.25, 0.3) is 5.56 Å². The Morgan fingerprint density at radius 1 is 1.53 bits per heavy atom. The molecule has 0 aromatic carbocycles. The first-order valence-electron chi connectivity index (χ1n) is 4.41. The number of ether oxygens (including phenoxy) is 1. The molecule has 0 spiro atoms. The van der Waals surface area contributed by atoms with E-state index in [2.05, 4.69) is 15.3 Å². The van der Waals surface area contributed by atoms with Crippen LogP contribution in [0.5, 0.6) is 0 Å². The smallest absolute Gasteiger partial charge is 0.413 e. The highest BCUT2D eigenvalue weighted by atomic mass is 16.6. The molecule has 6 heteroatoms. The van der Waals surface area contributed by atoms with Crippen LogP contribution in [0.4, 0.5) is 10.6 Å². The first kappa shape index (κ1) is 11.2. The van der Waals surface area contributed by atoms with E-state index in [0.29, 0.717) is 0 Å². The fraction of sp³-hybridized carbons (Fsp3) is 0.444. The minimum Gasteiger partial charge on any atom is -0.444 e. The van der Waals surface area contributed by atoms with E-state index in [4.69, 9.17) is 4.74 Å². The number of hydrogen-bond acceptors (Lipinski definition) is 4. The van der Waals surface area contributed by atoms with Gasteiger partial charge in [-0.05, 0) is 20.8 Å². The quantitative estimate of drug-likeness (QED) is 0.728. The van der Waals surface area contributed by atoms with Crippen LogP contribution in [-0.4, -0.2) is 21.7 Å². The lowest BCUT2D eigenvalue weighted by Gasteiger charge is -2.19. The number of aromatic amines is 1. The molecule has 0 unspecified atom stereocenters. The molecule has 1 aromatic heterocycles. The average molecular weight is 211 g/mol. The number of carbonyl (C=O) groups is 1. The van der Waals surface area contributed by atoms with Crippen LogP contribution in [0.1, 0.15) is 20.8 Å². The highest BCUT2D eigenvalue weighted by Gasteiger charge is 2.16. The standard InChI is InChI=1S/C9H13N3O3/c1-9(2,3)15-8(14)12-6-4-11-7(13)5-10-6/h4-5H,1-3H3,(H,11,13)(H,10,12,14). The largest absolute Gasteiger partial charge is 0.444 e. The molecule has 0 saturated heterocycles. The Kier molecular flexibility index (Phi) is 3.08. The number of anilines is 1. The minimum absolute atomic E-state index is 0.240. The number of nitrogens with one attached hydrogen (secondary N) is 2. The van der Waals surface area contributed by atoms with Crippen LogP contribution in [0.3, 0.4) is 0 Å². The van der Waals surface area contributed by atoms with E-state index < -0.39 is 11.7 Å². The van der Waals surface area contributed by atoms with Crippen LogP contribution >= 0.6 is 0 Å². The fourth-order valence-corrected chi connectivity index (χ4v) is 0.819. The van der Waals surface area contributed by atoms with Gasteiger partial charge < -0.3 is 9.72 Å². The molecule has 0 bridgehead atoms. The lowest BCUT2D eigenvalue weighted by atomic mass is 10.2. The Bertz CT molecular complexity index is 385. The van der Waals surface area contributed by atoms with E-state index in [-0.39, 0.29) is 11.4 Å². The summed E-state index contributed by atoms with van der Waals surface area (Å²) in [7, 11) is 0. The van der Waals surface area contributed by atoms with Crippen LogP contribution in [0.15, 0.2) is 17.2 Å². The molecule has 82 valence electrons. The van der Waals surface area contributed by atoms with Gasteiger partial charge in [0.1, 0.15) is 5.60 Å². The maximum Gasteiger partial charge on any atom is 0.413 e. The summed E-state index contributed by atoms with van der Waals surface area (Å²) in [6, 6.07) is 0. The first-order chi connectivity index (χ1) is 6.87. The fourth-order valence-electron chi connectivity index (χ4n) is 0.819. The number of nitrogens with zero attached hydrogens (tertiary/aromatic N) is 1. The van der Waals surface area contributed by atoms with Gasteiger partial charge in [0.15, 0.2) is 5.82 Å². The number of rotatable bonds is 1. The van der Waals surface area contributed by atoms with E-state index in [1.807, 2.05) is 0 Å². The van der Waals surface area contributed by atoms with Crippen molar-refractivity contribution in [3.05, 3.63) is 22.7 Å². The maximum absolute atomic E-state index is 11.2. The van der Waals surface area contributed by atoms with Gasteiger partial charge in [-0.25, -0.2) is 9.78 Å². The number of aromatic nitrogens is 2. The lowest BCUT2D eigenvalue weighted by molar-refractivity contribution is 0.0635. The Hall–Kier alpha value is -1.85. The molecule has 15 heavy (non-hydrogen) atoms. The maximum atomic E-state index is 11.2. The summed E-state index contributed by atoms with van der Waals surface area (Å²) in [6.45, 7) is 5.27. The Balaban J connectivity index is 2.59. The monoisotopic (exact) mass is 211 g/mol. The van der Waals surface area contributed by atoms with Crippen molar-refractivity contribution < 1.29 is 9.53 Å². The Labute approximate surface area is 86.7 Å². The summed E-state index contributed by atoms with van der Waals surface area (Å²) in [5.74, 6) is 0.240. The number of amides is 1. The molecule has 2 N–H and O–H groups in total. The van der Waals surface area contributed by atoms with Gasteiger partial charge in [-0.1, -0.05) is 0 Å². The van der Waals surface area contributed by atoms with Crippen molar-refractivity contribution in [2.45, 2.75) is 26.4 Å². The topological polar surface area (TPSA) is 84.1 Å². The van der Waals surface area contributed by atoms with Gasteiger partial charge in [-0.2, -0.15) is 0 Å². The van der Waals surface area contributed by atoms with Gasteiger partial charge in [0, 0.05) is 6.20 Å². The molecule has 1 rings (SSSR count). The van der Waals surface area contributed by atoms with E-state index in [0.717, 1.165) is 6.20 Å². The second-order valence-corrected chi connectivity index (χ2v) is 3.92. The Morgan fingerprint density at radius 3 is 2.67 bits per heavy atom. The molecule has 0 fully saturated rings. The normalized spacial score (nSPS) is 10.9. The summed E-state index contributed by atoms with van der Waals surface area (Å²) in [5, 5.41) is 2.38. The molecule has 1 heterocycles. The van der Waals surface area contributed by atoms with E-state index in [1.54, 1.807) is 20.8 Å². The summed E-state index contributed by atoms with van der Waals surface area (Å²) in [5.41, 5.74) is -0.892. The van der Waals surface area contributed by atoms with Crippen LogP contribution < -0.4 is 10.9 Å². The zero-order chi connectivity index (χ0) is 11.5. The van der Waals surface area contributed by atoms with Gasteiger partial charge in [-0.3, -0.25) is 10.1 Å². The molecular formula is C9H13N3O3. The van der Waals surface area contributed by atoms with Gasteiger partial charge >= 0.3 is 6.09 Å². The highest BCUT2D eigenvalue weighted by molar-refractivity contribution is 5.83. The third-order valence-electron chi connectivity index (χ3n) is 1.30. The molecule has 1 amide bonds. The predicted molar refractivity (Wildman–Crippen MR) is 54.7 cm³/mol. The van der Waals surface area contributed by atoms with Crippen molar-refractivity contribution in [2.24, 2.45) is 0 Å². The molecule has 0 radical (unpaired) electrons. The summed E-state index contributed by atoms with van der Waals surface area (Å²) in [4.78, 5) is 28.0. The van der Waals surface area contributed by atoms with E-state index in [9.17, 15) is 9.59 Å².